The Balaban J connectivity index is 2.22. The van der Waals surface area contributed by atoms with Gasteiger partial charge in [0.15, 0.2) is 0 Å². The van der Waals surface area contributed by atoms with Crippen molar-refractivity contribution in [3.05, 3.63) is 11.9 Å². The second kappa shape index (κ2) is 5.12. The van der Waals surface area contributed by atoms with Crippen LogP contribution in [-0.4, -0.2) is 22.6 Å². The van der Waals surface area contributed by atoms with Crippen molar-refractivity contribution in [2.75, 3.05) is 17.2 Å². The Morgan fingerprint density at radius 1 is 1.22 bits per heavy atom. The molecule has 1 aromatic rings. The molecule has 0 radical (unpaired) electrons. The van der Waals surface area contributed by atoms with E-state index >= 15 is 0 Å². The number of hydrogen-bond acceptors (Lipinski definition) is 4. The van der Waals surface area contributed by atoms with Gasteiger partial charge in [-0.15, -0.1) is 0 Å². The lowest BCUT2D eigenvalue weighted by molar-refractivity contribution is 0.546. The average Bonchev–Trinajstić information content (AvgIpc) is 3.09. The number of hydrogen-bond donors (Lipinski definition) is 2. The van der Waals surface area contributed by atoms with Gasteiger partial charge in [0.1, 0.15) is 17.5 Å². The summed E-state index contributed by atoms with van der Waals surface area (Å²) in [5, 5.41) is 6.80. The molecular formula is C14H24N4. The lowest BCUT2D eigenvalue weighted by Gasteiger charge is -2.19. The summed E-state index contributed by atoms with van der Waals surface area (Å²) >= 11 is 0. The number of aromatic nitrogens is 2. The van der Waals surface area contributed by atoms with Crippen molar-refractivity contribution in [3.8, 4) is 0 Å². The van der Waals surface area contributed by atoms with Crippen molar-refractivity contribution in [1.29, 1.82) is 0 Å². The van der Waals surface area contributed by atoms with Crippen LogP contribution in [0.5, 0.6) is 0 Å². The molecule has 0 amide bonds. The molecule has 1 heterocycles. The molecule has 0 aromatic carbocycles. The van der Waals surface area contributed by atoms with Crippen molar-refractivity contribution >= 4 is 11.6 Å². The first-order chi connectivity index (χ1) is 8.49. The van der Waals surface area contributed by atoms with E-state index in [1.165, 1.54) is 12.8 Å². The molecule has 1 fully saturated rings. The lowest BCUT2D eigenvalue weighted by atomic mass is 9.96. The van der Waals surface area contributed by atoms with Crippen molar-refractivity contribution in [2.45, 2.75) is 58.4 Å². The zero-order chi connectivity index (χ0) is 13.2. The molecule has 4 heteroatoms. The molecule has 1 saturated carbocycles. The van der Waals surface area contributed by atoms with Crippen molar-refractivity contribution < 1.29 is 0 Å². The van der Waals surface area contributed by atoms with Gasteiger partial charge in [-0.25, -0.2) is 9.97 Å². The second-order valence-electron chi connectivity index (χ2n) is 6.06. The molecular weight excluding hydrogens is 224 g/mol. The van der Waals surface area contributed by atoms with Crippen molar-refractivity contribution in [2.24, 2.45) is 0 Å². The molecule has 1 aliphatic carbocycles. The first-order valence-corrected chi connectivity index (χ1v) is 6.89. The molecule has 2 rings (SSSR count). The normalized spacial score (nSPS) is 15.6. The van der Waals surface area contributed by atoms with Gasteiger partial charge in [-0.05, 0) is 19.3 Å². The third-order valence-corrected chi connectivity index (χ3v) is 2.88. The monoisotopic (exact) mass is 248 g/mol. The maximum absolute atomic E-state index is 4.63. The summed E-state index contributed by atoms with van der Waals surface area (Å²) in [4.78, 5) is 9.24. The number of rotatable bonds is 5. The van der Waals surface area contributed by atoms with Crippen LogP contribution >= 0.6 is 0 Å². The predicted molar refractivity (Wildman–Crippen MR) is 76.2 cm³/mol. The van der Waals surface area contributed by atoms with E-state index in [9.17, 15) is 0 Å². The molecule has 18 heavy (non-hydrogen) atoms. The van der Waals surface area contributed by atoms with Crippen molar-refractivity contribution in [1.82, 2.24) is 9.97 Å². The van der Waals surface area contributed by atoms with Crippen LogP contribution in [0.4, 0.5) is 11.6 Å². The minimum Gasteiger partial charge on any atom is -0.370 e. The molecule has 1 aromatic heterocycles. The van der Waals surface area contributed by atoms with Gasteiger partial charge in [0.05, 0.1) is 0 Å². The summed E-state index contributed by atoms with van der Waals surface area (Å²) in [6, 6.07) is 2.63. The predicted octanol–water partition coefficient (Wildman–Crippen LogP) is 3.17. The minimum absolute atomic E-state index is 0.0239. The lowest BCUT2D eigenvalue weighted by Crippen LogP contribution is -2.19. The van der Waals surface area contributed by atoms with Gasteiger partial charge in [0, 0.05) is 24.1 Å². The van der Waals surface area contributed by atoms with E-state index in [1.807, 2.05) is 6.07 Å². The van der Waals surface area contributed by atoms with Gasteiger partial charge >= 0.3 is 0 Å². The van der Waals surface area contributed by atoms with Gasteiger partial charge in [0.2, 0.25) is 0 Å². The zero-order valence-corrected chi connectivity index (χ0v) is 11.9. The van der Waals surface area contributed by atoms with Crippen LogP contribution in [0.15, 0.2) is 6.07 Å². The topological polar surface area (TPSA) is 49.8 Å². The quantitative estimate of drug-likeness (QED) is 0.840. The van der Waals surface area contributed by atoms with Crippen LogP contribution in [0.2, 0.25) is 0 Å². The SMILES string of the molecule is CCCNc1cc(NC2CC2)nc(C(C)(C)C)n1. The third kappa shape index (κ3) is 3.59. The highest BCUT2D eigenvalue weighted by molar-refractivity contribution is 5.49. The first kappa shape index (κ1) is 13.1. The maximum atomic E-state index is 4.63. The largest absolute Gasteiger partial charge is 0.370 e. The highest BCUT2D eigenvalue weighted by Crippen LogP contribution is 2.27. The van der Waals surface area contributed by atoms with Crippen LogP contribution in [-0.2, 0) is 5.41 Å². The Morgan fingerprint density at radius 3 is 2.44 bits per heavy atom. The molecule has 2 N–H and O–H groups in total. The average molecular weight is 248 g/mol. The van der Waals surface area contributed by atoms with Crippen LogP contribution in [0, 0.1) is 0 Å². The fraction of sp³-hybridized carbons (Fsp3) is 0.714. The number of anilines is 2. The Morgan fingerprint density at radius 2 is 1.89 bits per heavy atom. The molecule has 0 atom stereocenters. The smallest absolute Gasteiger partial charge is 0.138 e. The first-order valence-electron chi connectivity index (χ1n) is 6.89. The van der Waals surface area contributed by atoms with E-state index in [2.05, 4.69) is 48.3 Å². The molecule has 0 aliphatic heterocycles. The van der Waals surface area contributed by atoms with E-state index in [0.717, 1.165) is 30.4 Å². The summed E-state index contributed by atoms with van der Waals surface area (Å²) in [6.07, 6.45) is 3.61. The Kier molecular flexibility index (Phi) is 3.73. The van der Waals surface area contributed by atoms with Gasteiger partial charge in [-0.3, -0.25) is 0 Å². The summed E-state index contributed by atoms with van der Waals surface area (Å²) in [6.45, 7) is 9.54. The minimum atomic E-state index is -0.0239. The summed E-state index contributed by atoms with van der Waals surface area (Å²) in [5.41, 5.74) is -0.0239. The van der Waals surface area contributed by atoms with Crippen LogP contribution in [0.3, 0.4) is 0 Å². The van der Waals surface area contributed by atoms with Gasteiger partial charge in [-0.1, -0.05) is 27.7 Å². The van der Waals surface area contributed by atoms with Gasteiger partial charge < -0.3 is 10.6 Å². The molecule has 100 valence electrons. The fourth-order valence-electron chi connectivity index (χ4n) is 1.64. The second-order valence-corrected chi connectivity index (χ2v) is 6.06. The zero-order valence-electron chi connectivity index (χ0n) is 11.9. The Bertz CT molecular complexity index is 405. The van der Waals surface area contributed by atoms with Crippen LogP contribution in [0.1, 0.15) is 52.8 Å². The van der Waals surface area contributed by atoms with Crippen LogP contribution < -0.4 is 10.6 Å². The molecule has 0 unspecified atom stereocenters. The molecule has 4 nitrogen and oxygen atoms in total. The summed E-state index contributed by atoms with van der Waals surface area (Å²) in [5.74, 6) is 2.78. The highest BCUT2D eigenvalue weighted by atomic mass is 15.1. The van der Waals surface area contributed by atoms with Crippen molar-refractivity contribution in [3.63, 3.8) is 0 Å². The summed E-state index contributed by atoms with van der Waals surface area (Å²) < 4.78 is 0. The number of nitrogens with zero attached hydrogens (tertiary/aromatic N) is 2. The van der Waals surface area contributed by atoms with E-state index in [1.54, 1.807) is 0 Å². The van der Waals surface area contributed by atoms with E-state index in [-0.39, 0.29) is 5.41 Å². The van der Waals surface area contributed by atoms with Gasteiger partial charge in [-0.2, -0.15) is 0 Å². The molecule has 0 spiro atoms. The van der Waals surface area contributed by atoms with E-state index < -0.39 is 0 Å². The fourth-order valence-corrected chi connectivity index (χ4v) is 1.64. The molecule has 0 bridgehead atoms. The molecule has 0 saturated heterocycles. The maximum Gasteiger partial charge on any atom is 0.138 e. The molecule has 1 aliphatic rings. The number of nitrogens with one attached hydrogen (secondary N) is 2. The summed E-state index contributed by atoms with van der Waals surface area (Å²) in [7, 11) is 0. The Hall–Kier alpha value is -1.32. The Labute approximate surface area is 110 Å². The van der Waals surface area contributed by atoms with Gasteiger partial charge in [0.25, 0.3) is 0 Å². The van der Waals surface area contributed by atoms with Crippen LogP contribution in [0.25, 0.3) is 0 Å². The van der Waals surface area contributed by atoms with E-state index in [0.29, 0.717) is 6.04 Å². The van der Waals surface area contributed by atoms with E-state index in [4.69, 9.17) is 0 Å². The highest BCUT2D eigenvalue weighted by Gasteiger charge is 2.24. The third-order valence-electron chi connectivity index (χ3n) is 2.88. The standard InChI is InChI=1S/C14H24N4/c1-5-8-15-11-9-12(16-10-6-7-10)18-13(17-11)14(2,3)4/h9-10H,5-8H2,1-4H3,(H2,15,16,17,18).